The molecular formula is C39H44N4O3. The number of carboxylic acid groups (broad SMARTS) is 1. The average molecular weight is 617 g/mol. The Morgan fingerprint density at radius 2 is 1.46 bits per heavy atom. The minimum Gasteiger partial charge on any atom is -0.481 e. The lowest BCUT2D eigenvalue weighted by molar-refractivity contribution is -0.151. The van der Waals surface area contributed by atoms with Gasteiger partial charge in [0, 0.05) is 44.8 Å². The number of aromatic nitrogens is 1. The highest BCUT2D eigenvalue weighted by Gasteiger charge is 2.37. The van der Waals surface area contributed by atoms with Gasteiger partial charge in [-0.15, -0.1) is 0 Å². The van der Waals surface area contributed by atoms with E-state index in [1.165, 1.54) is 11.1 Å². The zero-order valence-corrected chi connectivity index (χ0v) is 26.8. The van der Waals surface area contributed by atoms with Crippen molar-refractivity contribution in [2.45, 2.75) is 45.7 Å². The third kappa shape index (κ3) is 8.36. The number of anilines is 1. The van der Waals surface area contributed by atoms with Crippen LogP contribution in [0.1, 0.15) is 67.2 Å². The number of carboxylic acids is 1. The van der Waals surface area contributed by atoms with Gasteiger partial charge in [0.25, 0.3) is 0 Å². The second-order valence-corrected chi connectivity index (χ2v) is 12.1. The molecule has 238 valence electrons. The van der Waals surface area contributed by atoms with Crippen LogP contribution >= 0.6 is 0 Å². The van der Waals surface area contributed by atoms with Crippen LogP contribution in [0.5, 0.6) is 0 Å². The van der Waals surface area contributed by atoms with E-state index in [2.05, 4.69) is 81.8 Å². The number of aliphatic carboxylic acids is 1. The molecule has 1 aliphatic heterocycles. The van der Waals surface area contributed by atoms with Gasteiger partial charge in [-0.2, -0.15) is 0 Å². The van der Waals surface area contributed by atoms with E-state index in [4.69, 9.17) is 4.98 Å². The molecule has 7 heteroatoms. The zero-order chi connectivity index (χ0) is 32.4. The first-order valence-corrected chi connectivity index (χ1v) is 16.2. The van der Waals surface area contributed by atoms with Gasteiger partial charge >= 0.3 is 5.97 Å². The first kappa shape index (κ1) is 32.8. The predicted molar refractivity (Wildman–Crippen MR) is 185 cm³/mol. The summed E-state index contributed by atoms with van der Waals surface area (Å²) < 4.78 is 0. The van der Waals surface area contributed by atoms with Crippen LogP contribution in [0.25, 0.3) is 12.2 Å². The smallest absolute Gasteiger partial charge is 0.310 e. The van der Waals surface area contributed by atoms with Crippen molar-refractivity contribution in [1.82, 2.24) is 14.8 Å². The quantitative estimate of drug-likeness (QED) is 0.163. The molecule has 0 unspecified atom stereocenters. The van der Waals surface area contributed by atoms with Crippen LogP contribution in [-0.2, 0) is 16.1 Å². The first-order valence-electron chi connectivity index (χ1n) is 16.2. The molecule has 2 heterocycles. The molecule has 7 nitrogen and oxygen atoms in total. The normalized spacial score (nSPS) is 14.5. The van der Waals surface area contributed by atoms with Crippen molar-refractivity contribution >= 4 is 29.7 Å². The molecule has 1 saturated heterocycles. The number of pyridine rings is 1. The number of benzene rings is 3. The van der Waals surface area contributed by atoms with E-state index in [-0.39, 0.29) is 18.4 Å². The van der Waals surface area contributed by atoms with E-state index in [1.54, 1.807) is 0 Å². The summed E-state index contributed by atoms with van der Waals surface area (Å²) in [7, 11) is 0. The number of rotatable bonds is 13. The molecule has 1 aliphatic rings. The summed E-state index contributed by atoms with van der Waals surface area (Å²) in [5.41, 5.74) is 5.07. The van der Waals surface area contributed by atoms with Crippen LogP contribution in [0.4, 0.5) is 5.69 Å². The topological polar surface area (TPSA) is 85.8 Å². The van der Waals surface area contributed by atoms with Gasteiger partial charge in [-0.05, 0) is 59.9 Å². The lowest BCUT2D eigenvalue weighted by Gasteiger charge is -2.39. The Hall–Kier alpha value is -4.59. The zero-order valence-electron chi connectivity index (χ0n) is 26.8. The van der Waals surface area contributed by atoms with Gasteiger partial charge in [0.15, 0.2) is 0 Å². The fourth-order valence-corrected chi connectivity index (χ4v) is 6.26. The molecule has 0 radical (unpaired) electrons. The maximum Gasteiger partial charge on any atom is 0.310 e. The van der Waals surface area contributed by atoms with Crippen LogP contribution in [0.3, 0.4) is 0 Å². The van der Waals surface area contributed by atoms with Crippen molar-refractivity contribution in [3.05, 3.63) is 131 Å². The Balaban J connectivity index is 1.18. The minimum absolute atomic E-state index is 0.0538. The first-order chi connectivity index (χ1) is 22.4. The molecule has 0 spiro atoms. The number of amides is 1. The van der Waals surface area contributed by atoms with Crippen LogP contribution in [0.15, 0.2) is 103 Å². The highest BCUT2D eigenvalue weighted by molar-refractivity contribution is 5.94. The van der Waals surface area contributed by atoms with Gasteiger partial charge in [0.1, 0.15) is 0 Å². The van der Waals surface area contributed by atoms with E-state index in [0.29, 0.717) is 18.5 Å². The summed E-state index contributed by atoms with van der Waals surface area (Å²) >= 11 is 0. The fourth-order valence-electron chi connectivity index (χ4n) is 6.26. The lowest BCUT2D eigenvalue weighted by Crippen LogP contribution is -2.47. The fraction of sp³-hybridized carbons (Fsp3) is 0.308. The summed E-state index contributed by atoms with van der Waals surface area (Å²) in [6.45, 7) is 8.33. The number of carbonyl (C=O) groups is 2. The van der Waals surface area contributed by atoms with Gasteiger partial charge in [-0.1, -0.05) is 98.8 Å². The van der Waals surface area contributed by atoms with Crippen LogP contribution in [-0.4, -0.2) is 57.9 Å². The van der Waals surface area contributed by atoms with Gasteiger partial charge in [-0.25, -0.2) is 0 Å². The number of carbonyl (C=O) groups excluding carboxylic acids is 1. The standard InChI is InChI=1S/C39H44N4O3/c1-3-39(4-2,38(45)46)28-36(44)41-34-19-11-13-30(27-34)21-22-33-18-12-20-35(40-33)29-42-23-25-43(26-24-42)37(31-14-7-5-8-15-31)32-16-9-6-10-17-32/h5-22,27,37H,3-4,23-26,28-29H2,1-2H3,(H,41,44)(H,45,46). The second-order valence-electron chi connectivity index (χ2n) is 12.1. The molecule has 0 aliphatic carbocycles. The van der Waals surface area contributed by atoms with Crippen LogP contribution in [0.2, 0.25) is 0 Å². The Morgan fingerprint density at radius 3 is 2.07 bits per heavy atom. The van der Waals surface area contributed by atoms with E-state index < -0.39 is 11.4 Å². The molecule has 5 rings (SSSR count). The number of hydrogen-bond donors (Lipinski definition) is 2. The summed E-state index contributed by atoms with van der Waals surface area (Å²) in [5, 5.41) is 12.6. The molecule has 2 N–H and O–H groups in total. The molecule has 1 amide bonds. The van der Waals surface area contributed by atoms with Crippen LogP contribution in [0, 0.1) is 5.41 Å². The highest BCUT2D eigenvalue weighted by atomic mass is 16.4. The Kier molecular flexibility index (Phi) is 11.1. The molecule has 46 heavy (non-hydrogen) atoms. The Bertz CT molecular complexity index is 1570. The van der Waals surface area contributed by atoms with E-state index in [1.807, 2.05) is 62.4 Å². The molecule has 0 saturated carbocycles. The summed E-state index contributed by atoms with van der Waals surface area (Å²) in [5.74, 6) is -1.22. The largest absolute Gasteiger partial charge is 0.481 e. The third-order valence-corrected chi connectivity index (χ3v) is 9.14. The van der Waals surface area contributed by atoms with Gasteiger partial charge in [-0.3, -0.25) is 24.4 Å². The van der Waals surface area contributed by atoms with Gasteiger partial charge < -0.3 is 10.4 Å². The molecule has 0 atom stereocenters. The molecule has 3 aromatic carbocycles. The number of nitrogens with one attached hydrogen (secondary N) is 1. The van der Waals surface area contributed by atoms with Crippen molar-refractivity contribution in [3.8, 4) is 0 Å². The van der Waals surface area contributed by atoms with Crippen LogP contribution < -0.4 is 5.32 Å². The monoisotopic (exact) mass is 616 g/mol. The number of piperazine rings is 1. The maximum absolute atomic E-state index is 12.7. The number of hydrogen-bond acceptors (Lipinski definition) is 5. The SMILES string of the molecule is CCC(CC)(CC(=O)Nc1cccc(C=Cc2cccc(CN3CCN(C(c4ccccc4)c4ccccc4)CC3)n2)c1)C(=O)O. The predicted octanol–water partition coefficient (Wildman–Crippen LogP) is 7.38. The minimum atomic E-state index is -1.04. The summed E-state index contributed by atoms with van der Waals surface area (Å²) in [6.07, 6.45) is 4.71. The number of nitrogens with zero attached hydrogens (tertiary/aromatic N) is 3. The molecule has 1 aromatic heterocycles. The Morgan fingerprint density at radius 1 is 0.826 bits per heavy atom. The van der Waals surface area contributed by atoms with Crippen molar-refractivity contribution in [1.29, 1.82) is 0 Å². The molecular weight excluding hydrogens is 572 g/mol. The second kappa shape index (κ2) is 15.6. The van der Waals surface area contributed by atoms with E-state index in [0.717, 1.165) is 49.7 Å². The third-order valence-electron chi connectivity index (χ3n) is 9.14. The van der Waals surface area contributed by atoms with Crippen molar-refractivity contribution < 1.29 is 14.7 Å². The highest BCUT2D eigenvalue weighted by Crippen LogP contribution is 2.32. The van der Waals surface area contributed by atoms with E-state index in [9.17, 15) is 14.7 Å². The summed E-state index contributed by atoms with van der Waals surface area (Å²) in [6, 6.07) is 35.5. The molecule has 0 bridgehead atoms. The average Bonchev–Trinajstić information content (AvgIpc) is 3.08. The molecule has 4 aromatic rings. The van der Waals surface area contributed by atoms with E-state index >= 15 is 0 Å². The summed E-state index contributed by atoms with van der Waals surface area (Å²) in [4.78, 5) is 34.5. The molecule has 1 fully saturated rings. The van der Waals surface area contributed by atoms with Gasteiger partial charge in [0.2, 0.25) is 5.91 Å². The maximum atomic E-state index is 12.7. The van der Waals surface area contributed by atoms with Crippen molar-refractivity contribution in [2.24, 2.45) is 5.41 Å². The van der Waals surface area contributed by atoms with Crippen molar-refractivity contribution in [3.63, 3.8) is 0 Å². The lowest BCUT2D eigenvalue weighted by atomic mass is 9.79. The Labute approximate surface area is 272 Å². The van der Waals surface area contributed by atoms with Crippen molar-refractivity contribution in [2.75, 3.05) is 31.5 Å². The van der Waals surface area contributed by atoms with Gasteiger partial charge in [0.05, 0.1) is 22.8 Å².